The van der Waals surface area contributed by atoms with Crippen LogP contribution in [0.2, 0.25) is 0 Å². The van der Waals surface area contributed by atoms with Crippen molar-refractivity contribution in [2.24, 2.45) is 5.92 Å². The van der Waals surface area contributed by atoms with E-state index in [1.807, 2.05) is 62.4 Å². The molecule has 0 spiro atoms. The number of para-hydroxylation sites is 1. The summed E-state index contributed by atoms with van der Waals surface area (Å²) < 4.78 is 1.74. The van der Waals surface area contributed by atoms with Crippen molar-refractivity contribution in [3.63, 3.8) is 0 Å². The van der Waals surface area contributed by atoms with E-state index in [2.05, 4.69) is 15.4 Å². The molecule has 3 aromatic rings. The summed E-state index contributed by atoms with van der Waals surface area (Å²) >= 11 is 0. The zero-order chi connectivity index (χ0) is 16.2. The van der Waals surface area contributed by atoms with Gasteiger partial charge in [0, 0.05) is 29.9 Å². The molecule has 1 aromatic carbocycles. The lowest BCUT2D eigenvalue weighted by Gasteiger charge is -2.10. The van der Waals surface area contributed by atoms with Gasteiger partial charge in [0.2, 0.25) is 5.91 Å². The molecule has 0 unspecified atom stereocenters. The molecular formula is C18H18N4O. The minimum atomic E-state index is -0.101. The van der Waals surface area contributed by atoms with E-state index in [-0.39, 0.29) is 11.8 Å². The van der Waals surface area contributed by atoms with Crippen molar-refractivity contribution in [3.8, 4) is 16.9 Å². The van der Waals surface area contributed by atoms with Crippen molar-refractivity contribution in [2.45, 2.75) is 13.8 Å². The third kappa shape index (κ3) is 3.29. The molecule has 23 heavy (non-hydrogen) atoms. The van der Waals surface area contributed by atoms with Crippen LogP contribution in [-0.4, -0.2) is 20.7 Å². The van der Waals surface area contributed by atoms with Crippen LogP contribution >= 0.6 is 0 Å². The normalized spacial score (nSPS) is 10.7. The van der Waals surface area contributed by atoms with Crippen LogP contribution in [0.1, 0.15) is 13.8 Å². The highest BCUT2D eigenvalue weighted by molar-refractivity contribution is 5.92. The predicted octanol–water partition coefficient (Wildman–Crippen LogP) is 3.53. The molecule has 5 nitrogen and oxygen atoms in total. The molecule has 0 aliphatic carbocycles. The number of pyridine rings is 1. The van der Waals surface area contributed by atoms with Crippen molar-refractivity contribution in [1.82, 2.24) is 14.8 Å². The number of aromatic nitrogens is 3. The SMILES string of the molecule is CC(C)C(=O)Nc1cc(-c2cccnc2)nn1-c1ccccc1. The van der Waals surface area contributed by atoms with Crippen LogP contribution in [0.5, 0.6) is 0 Å². The van der Waals surface area contributed by atoms with Gasteiger partial charge in [0.15, 0.2) is 0 Å². The first-order valence-electron chi connectivity index (χ1n) is 7.52. The third-order valence-corrected chi connectivity index (χ3v) is 3.44. The number of hydrogen-bond donors (Lipinski definition) is 1. The molecule has 0 saturated carbocycles. The molecule has 2 heterocycles. The third-order valence-electron chi connectivity index (χ3n) is 3.44. The van der Waals surface area contributed by atoms with Crippen molar-refractivity contribution in [3.05, 3.63) is 60.9 Å². The van der Waals surface area contributed by atoms with Crippen molar-refractivity contribution in [1.29, 1.82) is 0 Å². The molecule has 0 atom stereocenters. The van der Waals surface area contributed by atoms with Crippen molar-refractivity contribution in [2.75, 3.05) is 5.32 Å². The molecule has 0 saturated heterocycles. The largest absolute Gasteiger partial charge is 0.310 e. The Bertz CT molecular complexity index is 794. The van der Waals surface area contributed by atoms with E-state index in [4.69, 9.17) is 0 Å². The summed E-state index contributed by atoms with van der Waals surface area (Å²) in [6, 6.07) is 15.4. The number of nitrogens with one attached hydrogen (secondary N) is 1. The minimum Gasteiger partial charge on any atom is -0.310 e. The smallest absolute Gasteiger partial charge is 0.228 e. The highest BCUT2D eigenvalue weighted by Gasteiger charge is 2.15. The number of carbonyl (C=O) groups is 1. The molecule has 116 valence electrons. The van der Waals surface area contributed by atoms with E-state index in [9.17, 15) is 4.79 Å². The summed E-state index contributed by atoms with van der Waals surface area (Å²) in [5.74, 6) is 0.504. The summed E-state index contributed by atoms with van der Waals surface area (Å²) in [5, 5.41) is 7.56. The van der Waals surface area contributed by atoms with E-state index in [0.717, 1.165) is 16.9 Å². The Morgan fingerprint density at radius 1 is 1.13 bits per heavy atom. The predicted molar refractivity (Wildman–Crippen MR) is 90.3 cm³/mol. The zero-order valence-electron chi connectivity index (χ0n) is 13.1. The standard InChI is InChI=1S/C18H18N4O/c1-13(2)18(23)20-17-11-16(14-7-6-10-19-12-14)21-22(17)15-8-4-3-5-9-15/h3-13H,1-2H3,(H,20,23). The van der Waals surface area contributed by atoms with Gasteiger partial charge in [0.1, 0.15) is 5.82 Å². The molecule has 1 N–H and O–H groups in total. The zero-order valence-corrected chi connectivity index (χ0v) is 13.1. The molecule has 3 rings (SSSR count). The molecule has 1 amide bonds. The highest BCUT2D eigenvalue weighted by Crippen LogP contribution is 2.24. The Morgan fingerprint density at radius 3 is 2.57 bits per heavy atom. The monoisotopic (exact) mass is 306 g/mol. The highest BCUT2D eigenvalue weighted by atomic mass is 16.1. The summed E-state index contributed by atoms with van der Waals surface area (Å²) in [6.07, 6.45) is 3.48. The Morgan fingerprint density at radius 2 is 1.91 bits per heavy atom. The fourth-order valence-corrected chi connectivity index (χ4v) is 2.16. The lowest BCUT2D eigenvalue weighted by Crippen LogP contribution is -2.19. The van der Waals surface area contributed by atoms with Gasteiger partial charge in [-0.2, -0.15) is 5.10 Å². The first-order valence-corrected chi connectivity index (χ1v) is 7.52. The van der Waals surface area contributed by atoms with Crippen LogP contribution in [0, 0.1) is 5.92 Å². The number of hydrogen-bond acceptors (Lipinski definition) is 3. The van der Waals surface area contributed by atoms with Gasteiger partial charge in [-0.25, -0.2) is 4.68 Å². The second-order valence-electron chi connectivity index (χ2n) is 5.55. The Balaban J connectivity index is 2.05. The Kier molecular flexibility index (Phi) is 4.19. The molecule has 5 heteroatoms. The van der Waals surface area contributed by atoms with E-state index < -0.39 is 0 Å². The topological polar surface area (TPSA) is 59.8 Å². The average molecular weight is 306 g/mol. The number of anilines is 1. The van der Waals surface area contributed by atoms with Crippen LogP contribution in [0.25, 0.3) is 16.9 Å². The van der Waals surface area contributed by atoms with E-state index in [1.54, 1.807) is 17.1 Å². The molecular weight excluding hydrogens is 288 g/mol. The van der Waals surface area contributed by atoms with Crippen LogP contribution in [0.4, 0.5) is 5.82 Å². The Labute approximate surface area is 135 Å². The van der Waals surface area contributed by atoms with Crippen LogP contribution in [0.3, 0.4) is 0 Å². The quantitative estimate of drug-likeness (QED) is 0.802. The molecule has 0 radical (unpaired) electrons. The number of nitrogens with zero attached hydrogens (tertiary/aromatic N) is 3. The maximum Gasteiger partial charge on any atom is 0.228 e. The van der Waals surface area contributed by atoms with Crippen LogP contribution in [-0.2, 0) is 4.79 Å². The average Bonchev–Trinajstić information content (AvgIpc) is 3.00. The first kappa shape index (κ1) is 15.0. The van der Waals surface area contributed by atoms with Gasteiger partial charge in [0.05, 0.1) is 11.4 Å². The van der Waals surface area contributed by atoms with Gasteiger partial charge in [-0.1, -0.05) is 32.0 Å². The maximum atomic E-state index is 12.1. The van der Waals surface area contributed by atoms with Gasteiger partial charge in [0.25, 0.3) is 0 Å². The number of benzene rings is 1. The molecule has 0 fully saturated rings. The molecule has 0 bridgehead atoms. The molecule has 0 aliphatic heterocycles. The van der Waals surface area contributed by atoms with Gasteiger partial charge in [-0.05, 0) is 24.3 Å². The van der Waals surface area contributed by atoms with E-state index >= 15 is 0 Å². The second kappa shape index (κ2) is 6.44. The number of carbonyl (C=O) groups excluding carboxylic acids is 1. The van der Waals surface area contributed by atoms with E-state index in [0.29, 0.717) is 5.82 Å². The van der Waals surface area contributed by atoms with Crippen molar-refractivity contribution >= 4 is 11.7 Å². The van der Waals surface area contributed by atoms with Crippen molar-refractivity contribution < 1.29 is 4.79 Å². The first-order chi connectivity index (χ1) is 11.1. The number of amides is 1. The maximum absolute atomic E-state index is 12.1. The second-order valence-corrected chi connectivity index (χ2v) is 5.55. The molecule has 2 aromatic heterocycles. The minimum absolute atomic E-state index is 0.0418. The summed E-state index contributed by atoms with van der Waals surface area (Å²) in [5.41, 5.74) is 2.56. The fourth-order valence-electron chi connectivity index (χ4n) is 2.16. The van der Waals surface area contributed by atoms with E-state index in [1.165, 1.54) is 0 Å². The van der Waals surface area contributed by atoms with Gasteiger partial charge in [-0.3, -0.25) is 9.78 Å². The lowest BCUT2D eigenvalue weighted by molar-refractivity contribution is -0.118. The van der Waals surface area contributed by atoms with Crippen LogP contribution in [0.15, 0.2) is 60.9 Å². The summed E-state index contributed by atoms with van der Waals surface area (Å²) in [7, 11) is 0. The van der Waals surface area contributed by atoms with Gasteiger partial charge < -0.3 is 5.32 Å². The van der Waals surface area contributed by atoms with Gasteiger partial charge in [-0.15, -0.1) is 0 Å². The Hall–Kier alpha value is -2.95. The number of rotatable bonds is 4. The molecule has 0 aliphatic rings. The summed E-state index contributed by atoms with van der Waals surface area (Å²) in [6.45, 7) is 3.72. The lowest BCUT2D eigenvalue weighted by atomic mass is 10.2. The van der Waals surface area contributed by atoms with Crippen LogP contribution < -0.4 is 5.32 Å². The van der Waals surface area contributed by atoms with Gasteiger partial charge >= 0.3 is 0 Å². The fraction of sp³-hybridized carbons (Fsp3) is 0.167. The summed E-state index contributed by atoms with van der Waals surface area (Å²) in [4.78, 5) is 16.2.